The van der Waals surface area contributed by atoms with E-state index in [1.165, 1.54) is 12.5 Å². The molecule has 2 amide bonds. The summed E-state index contributed by atoms with van der Waals surface area (Å²) in [5, 5.41) is 5.75. The minimum atomic E-state index is -0.108. The average molecular weight is 353 g/mol. The van der Waals surface area contributed by atoms with Crippen LogP contribution in [-0.2, 0) is 22.4 Å². The standard InChI is InChI=1S/C21H27N3O2/c1-16(25)23-19-11-9-18(10-12-19)14-21(26)22-15-20(24(2)3)13-17-7-5-4-6-8-17/h4-12,20H,13-15H2,1-3H3,(H,22,26)(H,23,25). The number of carbonyl (C=O) groups is 2. The SMILES string of the molecule is CC(=O)Nc1ccc(CC(=O)NCC(Cc2ccccc2)N(C)C)cc1. The Bertz CT molecular complexity index is 712. The highest BCUT2D eigenvalue weighted by Crippen LogP contribution is 2.10. The van der Waals surface area contributed by atoms with Crippen LogP contribution in [0.1, 0.15) is 18.1 Å². The van der Waals surface area contributed by atoms with Gasteiger partial charge in [-0.15, -0.1) is 0 Å². The van der Waals surface area contributed by atoms with Crippen LogP contribution in [0.2, 0.25) is 0 Å². The van der Waals surface area contributed by atoms with E-state index < -0.39 is 0 Å². The van der Waals surface area contributed by atoms with Gasteiger partial charge in [0.15, 0.2) is 0 Å². The zero-order valence-electron chi connectivity index (χ0n) is 15.7. The van der Waals surface area contributed by atoms with Gasteiger partial charge in [-0.2, -0.15) is 0 Å². The van der Waals surface area contributed by atoms with Crippen molar-refractivity contribution in [2.75, 3.05) is 26.0 Å². The zero-order valence-corrected chi connectivity index (χ0v) is 15.7. The number of hydrogen-bond acceptors (Lipinski definition) is 3. The van der Waals surface area contributed by atoms with E-state index in [9.17, 15) is 9.59 Å². The maximum absolute atomic E-state index is 12.3. The quantitative estimate of drug-likeness (QED) is 0.766. The van der Waals surface area contributed by atoms with Crippen molar-refractivity contribution in [1.29, 1.82) is 0 Å². The predicted octanol–water partition coefficient (Wildman–Crippen LogP) is 2.48. The van der Waals surface area contributed by atoms with Crippen LogP contribution in [0.5, 0.6) is 0 Å². The van der Waals surface area contributed by atoms with Gasteiger partial charge in [-0.3, -0.25) is 9.59 Å². The van der Waals surface area contributed by atoms with Crippen molar-refractivity contribution in [3.05, 3.63) is 65.7 Å². The first-order valence-corrected chi connectivity index (χ1v) is 8.77. The van der Waals surface area contributed by atoms with Crippen molar-refractivity contribution in [2.24, 2.45) is 0 Å². The summed E-state index contributed by atoms with van der Waals surface area (Å²) >= 11 is 0. The lowest BCUT2D eigenvalue weighted by Crippen LogP contribution is -2.42. The van der Waals surface area contributed by atoms with Crippen LogP contribution in [0.15, 0.2) is 54.6 Å². The Balaban J connectivity index is 1.84. The zero-order chi connectivity index (χ0) is 18.9. The number of likely N-dealkylation sites (N-methyl/N-ethyl adjacent to an activating group) is 1. The molecule has 2 rings (SSSR count). The number of anilines is 1. The minimum absolute atomic E-state index is 0.00260. The van der Waals surface area contributed by atoms with Gasteiger partial charge in [0.1, 0.15) is 0 Å². The van der Waals surface area contributed by atoms with Crippen LogP contribution in [0.25, 0.3) is 0 Å². The largest absolute Gasteiger partial charge is 0.354 e. The number of nitrogens with one attached hydrogen (secondary N) is 2. The van der Waals surface area contributed by atoms with Gasteiger partial charge in [0.2, 0.25) is 11.8 Å². The fraction of sp³-hybridized carbons (Fsp3) is 0.333. The highest BCUT2D eigenvalue weighted by atomic mass is 16.2. The van der Waals surface area contributed by atoms with E-state index in [1.54, 1.807) is 0 Å². The van der Waals surface area contributed by atoms with Crippen molar-refractivity contribution >= 4 is 17.5 Å². The van der Waals surface area contributed by atoms with Crippen molar-refractivity contribution in [3.63, 3.8) is 0 Å². The second-order valence-corrected chi connectivity index (χ2v) is 6.67. The Morgan fingerprint density at radius 1 is 0.962 bits per heavy atom. The maximum atomic E-state index is 12.3. The first kappa shape index (κ1) is 19.7. The summed E-state index contributed by atoms with van der Waals surface area (Å²) in [4.78, 5) is 25.4. The second kappa shape index (κ2) is 9.73. The van der Waals surface area contributed by atoms with Gasteiger partial charge >= 0.3 is 0 Å². The molecule has 26 heavy (non-hydrogen) atoms. The lowest BCUT2D eigenvalue weighted by molar-refractivity contribution is -0.120. The molecular formula is C21H27N3O2. The van der Waals surface area contributed by atoms with Gasteiger partial charge in [-0.05, 0) is 43.8 Å². The van der Waals surface area contributed by atoms with E-state index in [4.69, 9.17) is 0 Å². The molecule has 0 aromatic heterocycles. The number of amides is 2. The van der Waals surface area contributed by atoms with Crippen LogP contribution in [-0.4, -0.2) is 43.4 Å². The Hall–Kier alpha value is -2.66. The van der Waals surface area contributed by atoms with Crippen molar-refractivity contribution in [3.8, 4) is 0 Å². The van der Waals surface area contributed by atoms with E-state index in [0.29, 0.717) is 13.0 Å². The molecule has 5 nitrogen and oxygen atoms in total. The third kappa shape index (κ3) is 6.69. The van der Waals surface area contributed by atoms with Gasteiger partial charge in [-0.1, -0.05) is 42.5 Å². The van der Waals surface area contributed by atoms with E-state index >= 15 is 0 Å². The Labute approximate surface area is 155 Å². The fourth-order valence-electron chi connectivity index (χ4n) is 2.71. The molecule has 0 spiro atoms. The molecule has 0 aliphatic rings. The summed E-state index contributed by atoms with van der Waals surface area (Å²) in [6.45, 7) is 2.07. The molecular weight excluding hydrogens is 326 g/mol. The van der Waals surface area contributed by atoms with Gasteiger partial charge in [0.25, 0.3) is 0 Å². The number of benzene rings is 2. The topological polar surface area (TPSA) is 61.4 Å². The molecule has 0 heterocycles. The normalized spacial score (nSPS) is 11.8. The summed E-state index contributed by atoms with van der Waals surface area (Å²) < 4.78 is 0. The van der Waals surface area contributed by atoms with Crippen LogP contribution in [0.3, 0.4) is 0 Å². The van der Waals surface area contributed by atoms with Crippen LogP contribution in [0.4, 0.5) is 5.69 Å². The van der Waals surface area contributed by atoms with Crippen LogP contribution in [0, 0.1) is 0 Å². The number of carbonyl (C=O) groups excluding carboxylic acids is 2. The molecule has 1 atom stereocenters. The second-order valence-electron chi connectivity index (χ2n) is 6.67. The van der Waals surface area contributed by atoms with Gasteiger partial charge in [0.05, 0.1) is 6.42 Å². The highest BCUT2D eigenvalue weighted by molar-refractivity contribution is 5.88. The lowest BCUT2D eigenvalue weighted by Gasteiger charge is -2.24. The van der Waals surface area contributed by atoms with Crippen LogP contribution >= 0.6 is 0 Å². The molecule has 1 unspecified atom stereocenters. The van der Waals surface area contributed by atoms with Gasteiger partial charge < -0.3 is 15.5 Å². The summed E-state index contributed by atoms with van der Waals surface area (Å²) in [5.41, 5.74) is 2.91. The average Bonchev–Trinajstić information content (AvgIpc) is 2.60. The highest BCUT2D eigenvalue weighted by Gasteiger charge is 2.14. The van der Waals surface area contributed by atoms with Crippen molar-refractivity contribution in [2.45, 2.75) is 25.8 Å². The number of hydrogen-bond donors (Lipinski definition) is 2. The van der Waals surface area contributed by atoms with Crippen molar-refractivity contribution < 1.29 is 9.59 Å². The predicted molar refractivity (Wildman–Crippen MR) is 105 cm³/mol. The molecule has 0 radical (unpaired) electrons. The third-order valence-corrected chi connectivity index (χ3v) is 4.22. The van der Waals surface area contributed by atoms with E-state index in [2.05, 4.69) is 27.7 Å². The summed E-state index contributed by atoms with van der Waals surface area (Å²) in [6, 6.07) is 17.9. The molecule has 2 aromatic rings. The van der Waals surface area contributed by atoms with Crippen molar-refractivity contribution in [1.82, 2.24) is 10.2 Å². The molecule has 5 heteroatoms. The van der Waals surface area contributed by atoms with E-state index in [0.717, 1.165) is 17.7 Å². The first-order chi connectivity index (χ1) is 12.4. The maximum Gasteiger partial charge on any atom is 0.224 e. The molecule has 0 saturated carbocycles. The third-order valence-electron chi connectivity index (χ3n) is 4.22. The van der Waals surface area contributed by atoms with E-state index in [1.807, 2.05) is 56.6 Å². The Morgan fingerprint density at radius 2 is 1.62 bits per heavy atom. The molecule has 0 aliphatic heterocycles. The fourth-order valence-corrected chi connectivity index (χ4v) is 2.71. The molecule has 2 aromatic carbocycles. The smallest absolute Gasteiger partial charge is 0.224 e. The van der Waals surface area contributed by atoms with E-state index in [-0.39, 0.29) is 17.9 Å². The van der Waals surface area contributed by atoms with Crippen LogP contribution < -0.4 is 10.6 Å². The molecule has 2 N–H and O–H groups in total. The van der Waals surface area contributed by atoms with Gasteiger partial charge in [-0.25, -0.2) is 0 Å². The number of nitrogens with zero attached hydrogens (tertiary/aromatic N) is 1. The number of rotatable bonds is 8. The molecule has 0 aliphatic carbocycles. The summed E-state index contributed by atoms with van der Waals surface area (Å²) in [6.07, 6.45) is 1.21. The molecule has 0 fully saturated rings. The molecule has 0 bridgehead atoms. The van der Waals surface area contributed by atoms with Gasteiger partial charge in [0, 0.05) is 25.2 Å². The minimum Gasteiger partial charge on any atom is -0.354 e. The Kier molecular flexibility index (Phi) is 7.36. The first-order valence-electron chi connectivity index (χ1n) is 8.77. The summed E-state index contributed by atoms with van der Waals surface area (Å²) in [7, 11) is 4.06. The monoisotopic (exact) mass is 353 g/mol. The Morgan fingerprint density at radius 3 is 2.19 bits per heavy atom. The summed E-state index contributed by atoms with van der Waals surface area (Å²) in [5.74, 6) is -0.110. The molecule has 0 saturated heterocycles. The lowest BCUT2D eigenvalue weighted by atomic mass is 10.0. The molecule has 138 valence electrons.